The van der Waals surface area contributed by atoms with Gasteiger partial charge >= 0.3 is 0 Å². The van der Waals surface area contributed by atoms with Gasteiger partial charge in [0, 0.05) is 34.6 Å². The molecule has 31 heavy (non-hydrogen) atoms. The molecule has 2 atom stereocenters. The molecule has 2 unspecified atom stereocenters. The lowest BCUT2D eigenvalue weighted by Gasteiger charge is -2.34. The number of allylic oxidation sites excluding steroid dienone is 2. The fourth-order valence-electron chi connectivity index (χ4n) is 5.04. The van der Waals surface area contributed by atoms with E-state index in [1.807, 2.05) is 6.07 Å². The van der Waals surface area contributed by atoms with E-state index in [2.05, 4.69) is 18.7 Å². The molecule has 0 aromatic heterocycles. The molecule has 0 aliphatic heterocycles. The van der Waals surface area contributed by atoms with Gasteiger partial charge in [0.2, 0.25) is 0 Å². The molecular formula is C27H37NO3. The first-order valence-corrected chi connectivity index (χ1v) is 12.2. The Kier molecular flexibility index (Phi) is 8.36. The molecule has 4 heteroatoms. The minimum Gasteiger partial charge on any atom is -0.303 e. The fraction of sp³-hybridized carbons (Fsp3) is 0.593. The largest absolute Gasteiger partial charge is 0.303 e. The van der Waals surface area contributed by atoms with E-state index in [0.29, 0.717) is 28.7 Å². The summed E-state index contributed by atoms with van der Waals surface area (Å²) < 4.78 is 0. The molecule has 0 saturated carbocycles. The highest BCUT2D eigenvalue weighted by Gasteiger charge is 2.43. The predicted molar refractivity (Wildman–Crippen MR) is 125 cm³/mol. The first-order chi connectivity index (χ1) is 15.0. The van der Waals surface area contributed by atoms with E-state index in [-0.39, 0.29) is 23.3 Å². The Morgan fingerprint density at radius 3 is 2.03 bits per heavy atom. The maximum Gasteiger partial charge on any atom is 0.190 e. The van der Waals surface area contributed by atoms with Gasteiger partial charge in [-0.25, -0.2) is 0 Å². The van der Waals surface area contributed by atoms with Gasteiger partial charge in [-0.15, -0.1) is 0 Å². The van der Waals surface area contributed by atoms with Crippen molar-refractivity contribution in [3.63, 3.8) is 0 Å². The molecule has 0 spiro atoms. The summed E-state index contributed by atoms with van der Waals surface area (Å²) >= 11 is 0. The van der Waals surface area contributed by atoms with Crippen molar-refractivity contribution in [2.24, 2.45) is 11.8 Å². The van der Waals surface area contributed by atoms with E-state index >= 15 is 0 Å². The normalized spacial score (nSPS) is 21.0. The van der Waals surface area contributed by atoms with Crippen LogP contribution in [0.1, 0.15) is 92.9 Å². The van der Waals surface area contributed by atoms with Crippen LogP contribution in [0.25, 0.3) is 0 Å². The van der Waals surface area contributed by atoms with Crippen molar-refractivity contribution in [1.82, 2.24) is 4.90 Å². The van der Waals surface area contributed by atoms with Crippen LogP contribution in [0.15, 0.2) is 35.4 Å². The zero-order chi connectivity index (χ0) is 22.4. The zero-order valence-corrected chi connectivity index (χ0v) is 19.4. The zero-order valence-electron chi connectivity index (χ0n) is 19.4. The van der Waals surface area contributed by atoms with Gasteiger partial charge < -0.3 is 4.90 Å². The molecule has 1 aromatic rings. The summed E-state index contributed by atoms with van der Waals surface area (Å²) in [6.45, 7) is 9.45. The minimum atomic E-state index is -0.480. The molecule has 2 aliphatic carbocycles. The number of Topliss-reactive ketones (excluding diaryl/α,β-unsaturated/α-hetero) is 3. The summed E-state index contributed by atoms with van der Waals surface area (Å²) in [7, 11) is 0. The van der Waals surface area contributed by atoms with Crippen LogP contribution in [-0.2, 0) is 4.79 Å². The number of ketones is 3. The topological polar surface area (TPSA) is 54.5 Å². The van der Waals surface area contributed by atoms with Crippen LogP contribution in [0.3, 0.4) is 0 Å². The highest BCUT2D eigenvalue weighted by molar-refractivity contribution is 6.29. The predicted octanol–water partition coefficient (Wildman–Crippen LogP) is 5.66. The number of hydrogen-bond acceptors (Lipinski definition) is 4. The molecule has 0 heterocycles. The van der Waals surface area contributed by atoms with Gasteiger partial charge in [0.25, 0.3) is 0 Å². The monoisotopic (exact) mass is 423 g/mol. The maximum atomic E-state index is 13.3. The van der Waals surface area contributed by atoms with Crippen molar-refractivity contribution < 1.29 is 14.4 Å². The lowest BCUT2D eigenvalue weighted by Crippen LogP contribution is -2.37. The van der Waals surface area contributed by atoms with Crippen LogP contribution >= 0.6 is 0 Å². The second-order valence-corrected chi connectivity index (χ2v) is 9.16. The lowest BCUT2D eigenvalue weighted by molar-refractivity contribution is -0.122. The Morgan fingerprint density at radius 1 is 0.806 bits per heavy atom. The van der Waals surface area contributed by atoms with Crippen LogP contribution in [0.4, 0.5) is 0 Å². The summed E-state index contributed by atoms with van der Waals surface area (Å²) in [4.78, 5) is 41.8. The van der Waals surface area contributed by atoms with Crippen molar-refractivity contribution in [2.45, 2.75) is 72.1 Å². The maximum absolute atomic E-state index is 13.3. The first kappa shape index (κ1) is 23.6. The molecule has 0 N–H and O–H groups in total. The number of rotatable bonds is 11. The molecule has 0 fully saturated rings. The van der Waals surface area contributed by atoms with Crippen LogP contribution in [0.2, 0.25) is 0 Å². The molecule has 2 aliphatic rings. The van der Waals surface area contributed by atoms with Gasteiger partial charge in [-0.3, -0.25) is 14.4 Å². The average Bonchev–Trinajstić information content (AvgIpc) is 2.77. The summed E-state index contributed by atoms with van der Waals surface area (Å²) in [5.74, 6) is -0.686. The quantitative estimate of drug-likeness (QED) is 0.431. The first-order valence-electron chi connectivity index (χ1n) is 12.2. The van der Waals surface area contributed by atoms with E-state index in [0.717, 1.165) is 32.5 Å². The highest BCUT2D eigenvalue weighted by Crippen LogP contribution is 2.41. The SMILES string of the molecule is CCCCCN(CCCC)CCCC1CC(=O)C(C)C2=C1C(=O)c1ccccc1C2=O. The number of fused-ring (bicyclic) bond motifs is 1. The number of unbranched alkanes of at least 4 members (excludes halogenated alkanes) is 3. The van der Waals surface area contributed by atoms with E-state index in [9.17, 15) is 14.4 Å². The van der Waals surface area contributed by atoms with Crippen molar-refractivity contribution in [3.8, 4) is 0 Å². The van der Waals surface area contributed by atoms with Gasteiger partial charge in [0.1, 0.15) is 5.78 Å². The molecular weight excluding hydrogens is 386 g/mol. The molecule has 0 saturated heterocycles. The Bertz CT molecular complexity index is 854. The number of benzene rings is 1. The van der Waals surface area contributed by atoms with Gasteiger partial charge in [0.15, 0.2) is 11.6 Å². The number of carbonyl (C=O) groups is 3. The standard InChI is InChI=1S/C27H37NO3/c1-4-6-10-16-28(15-7-5-2)17-11-12-20-18-23(29)19(3)24-25(20)27(31)22-14-9-8-13-21(22)26(24)30/h8-9,13-14,19-20H,4-7,10-12,15-18H2,1-3H3. The van der Waals surface area contributed by atoms with Crippen LogP contribution in [0.5, 0.6) is 0 Å². The molecule has 1 aromatic carbocycles. The molecule has 0 amide bonds. The molecule has 4 nitrogen and oxygen atoms in total. The number of hydrogen-bond donors (Lipinski definition) is 0. The van der Waals surface area contributed by atoms with E-state index in [4.69, 9.17) is 0 Å². The second-order valence-electron chi connectivity index (χ2n) is 9.16. The van der Waals surface area contributed by atoms with Gasteiger partial charge in [-0.2, -0.15) is 0 Å². The molecule has 0 bridgehead atoms. The van der Waals surface area contributed by atoms with E-state index < -0.39 is 5.92 Å². The van der Waals surface area contributed by atoms with Crippen molar-refractivity contribution >= 4 is 17.3 Å². The van der Waals surface area contributed by atoms with Gasteiger partial charge in [-0.1, -0.05) is 64.3 Å². The Balaban J connectivity index is 1.74. The lowest BCUT2D eigenvalue weighted by atomic mass is 9.67. The highest BCUT2D eigenvalue weighted by atomic mass is 16.1. The third kappa shape index (κ3) is 5.23. The van der Waals surface area contributed by atoms with Gasteiger partial charge in [-0.05, 0) is 51.2 Å². The Hall–Kier alpha value is -2.07. The van der Waals surface area contributed by atoms with E-state index in [1.54, 1.807) is 25.1 Å². The molecule has 3 rings (SSSR count). The van der Waals surface area contributed by atoms with E-state index in [1.165, 1.54) is 32.1 Å². The third-order valence-electron chi connectivity index (χ3n) is 6.90. The molecule has 168 valence electrons. The Labute approximate surface area is 187 Å². The summed E-state index contributed by atoms with van der Waals surface area (Å²) in [5, 5.41) is 0. The average molecular weight is 424 g/mol. The summed E-state index contributed by atoms with van der Waals surface area (Å²) in [5.41, 5.74) is 2.05. The van der Waals surface area contributed by atoms with Crippen LogP contribution < -0.4 is 0 Å². The smallest absolute Gasteiger partial charge is 0.190 e. The van der Waals surface area contributed by atoms with Gasteiger partial charge in [0.05, 0.1) is 0 Å². The summed E-state index contributed by atoms with van der Waals surface area (Å²) in [6, 6.07) is 7.05. The Morgan fingerprint density at radius 2 is 1.39 bits per heavy atom. The summed E-state index contributed by atoms with van der Waals surface area (Å²) in [6.07, 6.45) is 8.19. The number of carbonyl (C=O) groups excluding carboxylic acids is 3. The van der Waals surface area contributed by atoms with Crippen molar-refractivity contribution in [2.75, 3.05) is 19.6 Å². The van der Waals surface area contributed by atoms with Crippen LogP contribution in [-0.4, -0.2) is 41.9 Å². The van der Waals surface area contributed by atoms with Crippen molar-refractivity contribution in [3.05, 3.63) is 46.5 Å². The third-order valence-corrected chi connectivity index (χ3v) is 6.90. The number of nitrogens with zero attached hydrogens (tertiary/aromatic N) is 1. The molecule has 0 radical (unpaired) electrons. The van der Waals surface area contributed by atoms with Crippen LogP contribution in [0, 0.1) is 11.8 Å². The second kappa shape index (κ2) is 11.0. The van der Waals surface area contributed by atoms with Crippen molar-refractivity contribution in [1.29, 1.82) is 0 Å². The minimum absolute atomic E-state index is 0.0414. The fourth-order valence-corrected chi connectivity index (χ4v) is 5.04.